The second-order valence-electron chi connectivity index (χ2n) is 4.43. The summed E-state index contributed by atoms with van der Waals surface area (Å²) in [6.07, 6.45) is 8.52. The van der Waals surface area contributed by atoms with Crippen LogP contribution in [-0.4, -0.2) is 24.3 Å². The topological polar surface area (TPSA) is 164 Å². The van der Waals surface area contributed by atoms with Crippen LogP contribution in [0.4, 0.5) is 0 Å². The maximum atomic E-state index is 8.35. The van der Waals surface area contributed by atoms with Gasteiger partial charge in [0.05, 0.1) is 0 Å². The quantitative estimate of drug-likeness (QED) is 0.357. The molecule has 0 saturated heterocycles. The predicted octanol–water partition coefficient (Wildman–Crippen LogP) is 3.22. The van der Waals surface area contributed by atoms with E-state index in [9.17, 15) is 0 Å². The third kappa shape index (κ3) is 341. The largest absolute Gasteiger partial charge is 0.231 e. The van der Waals surface area contributed by atoms with Gasteiger partial charge in [-0.15, -0.1) is 0 Å². The van der Waals surface area contributed by atoms with Gasteiger partial charge in [0.2, 0.25) is 24.3 Å². The lowest BCUT2D eigenvalue weighted by molar-refractivity contribution is 0.359. The molecule has 0 aromatic carbocycles. The first-order chi connectivity index (χ1) is 9.72. The molecule has 0 saturated carbocycles. The van der Waals surface area contributed by atoms with Crippen LogP contribution in [0.3, 0.4) is 0 Å². The Hall–Kier alpha value is -2.48. The van der Waals surface area contributed by atoms with Crippen molar-refractivity contribution in [3.05, 3.63) is 0 Å². The molecule has 0 aliphatic carbocycles. The van der Waals surface area contributed by atoms with Crippen molar-refractivity contribution in [3.63, 3.8) is 0 Å². The van der Waals surface area contributed by atoms with Gasteiger partial charge in [-0.2, -0.15) is 0 Å². The summed E-state index contributed by atoms with van der Waals surface area (Å²) in [6, 6.07) is 0. The fraction of sp³-hybridized carbons (Fsp3) is 0.692. The average molecular weight is 300 g/mol. The molecule has 8 nitrogen and oxygen atoms in total. The molecule has 4 N–H and O–H groups in total. The molecule has 0 heterocycles. The van der Waals surface area contributed by atoms with Crippen molar-refractivity contribution < 1.29 is 19.2 Å². The van der Waals surface area contributed by atoms with Gasteiger partial charge in [0, 0.05) is 0 Å². The van der Waals surface area contributed by atoms with Crippen LogP contribution in [0.15, 0.2) is 0 Å². The molecule has 0 aromatic heterocycles. The third-order valence-electron chi connectivity index (χ3n) is 1.53. The highest BCUT2D eigenvalue weighted by atomic mass is 16.1. The van der Waals surface area contributed by atoms with Gasteiger partial charge < -0.3 is 0 Å². The van der Waals surface area contributed by atoms with Gasteiger partial charge in [-0.1, -0.05) is 47.0 Å². The van der Waals surface area contributed by atoms with E-state index < -0.39 is 0 Å². The van der Waals surface area contributed by atoms with Crippen molar-refractivity contribution in [2.45, 2.75) is 53.4 Å². The van der Waals surface area contributed by atoms with Crippen LogP contribution in [0.25, 0.3) is 0 Å². The zero-order valence-corrected chi connectivity index (χ0v) is 13.0. The van der Waals surface area contributed by atoms with E-state index in [1.807, 2.05) is 0 Å². The summed E-state index contributed by atoms with van der Waals surface area (Å²) in [5.41, 5.74) is 0.551. The van der Waals surface area contributed by atoms with E-state index in [1.54, 1.807) is 0 Å². The van der Waals surface area contributed by atoms with Crippen LogP contribution >= 0.6 is 0 Å². The van der Waals surface area contributed by atoms with Gasteiger partial charge in [0.1, 0.15) is 0 Å². The van der Waals surface area contributed by atoms with E-state index in [-0.39, 0.29) is 0 Å². The van der Waals surface area contributed by atoms with Crippen LogP contribution in [0.1, 0.15) is 53.4 Å². The molecule has 0 amide bonds. The molecule has 0 aromatic rings. The SMILES string of the molecule is CCCCCC(C)(C)C.N=C=O.N=C=O.N=C=O.N=C=O. The Balaban J connectivity index is -0.0000000593. The van der Waals surface area contributed by atoms with E-state index in [0.29, 0.717) is 5.41 Å². The van der Waals surface area contributed by atoms with Crippen LogP contribution in [0, 0.1) is 27.1 Å². The van der Waals surface area contributed by atoms with Gasteiger partial charge >= 0.3 is 0 Å². The summed E-state index contributed by atoms with van der Waals surface area (Å²) in [4.78, 5) is 33.4. The Kier molecular flexibility index (Phi) is 53.4. The van der Waals surface area contributed by atoms with Crippen molar-refractivity contribution in [1.82, 2.24) is 0 Å². The van der Waals surface area contributed by atoms with Crippen molar-refractivity contribution in [1.29, 1.82) is 21.6 Å². The Labute approximate surface area is 125 Å². The summed E-state index contributed by atoms with van der Waals surface area (Å²) < 4.78 is 0. The second-order valence-corrected chi connectivity index (χ2v) is 4.43. The molecule has 0 fully saturated rings. The third-order valence-corrected chi connectivity index (χ3v) is 1.53. The maximum Gasteiger partial charge on any atom is 0.231 e. The first-order valence-electron chi connectivity index (χ1n) is 5.88. The molecule has 8 heteroatoms. The highest BCUT2D eigenvalue weighted by molar-refractivity contribution is 5.26. The van der Waals surface area contributed by atoms with Crippen molar-refractivity contribution in [2.75, 3.05) is 0 Å². The Morgan fingerprint density at radius 2 is 0.952 bits per heavy atom. The second kappa shape index (κ2) is 36.0. The lowest BCUT2D eigenvalue weighted by Gasteiger charge is -2.16. The van der Waals surface area contributed by atoms with E-state index in [4.69, 9.17) is 40.8 Å². The zero-order valence-electron chi connectivity index (χ0n) is 13.0. The number of rotatable bonds is 3. The van der Waals surface area contributed by atoms with Gasteiger partial charge in [-0.05, 0) is 11.8 Å². The molecular weight excluding hydrogens is 276 g/mol. The molecular formula is C13H24N4O4. The monoisotopic (exact) mass is 300 g/mol. The van der Waals surface area contributed by atoms with Crippen LogP contribution in [-0.2, 0) is 19.2 Å². The smallest absolute Gasteiger partial charge is 0.222 e. The van der Waals surface area contributed by atoms with Crippen LogP contribution < -0.4 is 0 Å². The highest BCUT2D eigenvalue weighted by Gasteiger charge is 2.07. The summed E-state index contributed by atoms with van der Waals surface area (Å²) in [5, 5.41) is 21.6. The normalized spacial score (nSPS) is 6.67. The first-order valence-corrected chi connectivity index (χ1v) is 5.88. The van der Waals surface area contributed by atoms with E-state index in [0.717, 1.165) is 24.3 Å². The molecule has 0 radical (unpaired) electrons. The minimum absolute atomic E-state index is 0.551. The van der Waals surface area contributed by atoms with E-state index in [2.05, 4.69) is 27.7 Å². The van der Waals surface area contributed by atoms with E-state index in [1.165, 1.54) is 25.7 Å². The minimum atomic E-state index is 0.551. The maximum absolute atomic E-state index is 8.35. The van der Waals surface area contributed by atoms with Gasteiger partial charge in [0.15, 0.2) is 0 Å². The summed E-state index contributed by atoms with van der Waals surface area (Å²) in [7, 11) is 0. The number of unbranched alkanes of at least 4 members (excludes halogenated alkanes) is 2. The average Bonchev–Trinajstić information content (AvgIpc) is 2.32. The molecule has 21 heavy (non-hydrogen) atoms. The van der Waals surface area contributed by atoms with Crippen LogP contribution in [0.5, 0.6) is 0 Å². The fourth-order valence-corrected chi connectivity index (χ4v) is 0.905. The molecule has 0 unspecified atom stereocenters. The van der Waals surface area contributed by atoms with Crippen LogP contribution in [0.2, 0.25) is 0 Å². The summed E-state index contributed by atoms with van der Waals surface area (Å²) in [6.45, 7) is 9.18. The van der Waals surface area contributed by atoms with E-state index >= 15 is 0 Å². The number of carbonyl (C=O) groups excluding carboxylic acids is 4. The fourth-order valence-electron chi connectivity index (χ4n) is 0.905. The summed E-state index contributed by atoms with van der Waals surface area (Å²) in [5.74, 6) is 0. The minimum Gasteiger partial charge on any atom is -0.222 e. The first kappa shape index (κ1) is 31.1. The van der Waals surface area contributed by atoms with Gasteiger partial charge in [-0.25, -0.2) is 40.8 Å². The zero-order chi connectivity index (χ0) is 18.2. The molecule has 0 rings (SSSR count). The Bertz CT molecular complexity index is 277. The molecule has 0 spiro atoms. The molecule has 120 valence electrons. The number of hydrogen-bond donors (Lipinski definition) is 4. The molecule has 0 bridgehead atoms. The number of hydrogen-bond acceptors (Lipinski definition) is 8. The molecule has 0 aliphatic rings. The lowest BCUT2D eigenvalue weighted by atomic mass is 9.90. The molecule has 0 atom stereocenters. The van der Waals surface area contributed by atoms with Crippen molar-refractivity contribution in [2.24, 2.45) is 5.41 Å². The molecule has 0 aliphatic heterocycles. The summed E-state index contributed by atoms with van der Waals surface area (Å²) >= 11 is 0. The van der Waals surface area contributed by atoms with Gasteiger partial charge in [-0.3, -0.25) is 0 Å². The Morgan fingerprint density at radius 1 is 0.714 bits per heavy atom. The lowest BCUT2D eigenvalue weighted by Crippen LogP contribution is -2.03. The highest BCUT2D eigenvalue weighted by Crippen LogP contribution is 2.21. The number of isocyanates is 4. The van der Waals surface area contributed by atoms with Gasteiger partial charge in [0.25, 0.3) is 0 Å². The standard InChI is InChI=1S/C9H20.4CHNO/c1-5-6-7-8-9(2,3)4;4*2-1-3/h5-8H2,1-4H3;4*2H. The predicted molar refractivity (Wildman–Crippen MR) is 77.2 cm³/mol. The van der Waals surface area contributed by atoms with Crippen molar-refractivity contribution in [3.8, 4) is 0 Å². The van der Waals surface area contributed by atoms with Crippen molar-refractivity contribution >= 4 is 24.3 Å². The number of nitrogens with one attached hydrogen (secondary N) is 4. The Morgan fingerprint density at radius 3 is 1.10 bits per heavy atom.